The maximum atomic E-state index is 12.7. The lowest BCUT2D eigenvalue weighted by Gasteiger charge is -2.28. The van der Waals surface area contributed by atoms with Crippen LogP contribution in [-0.2, 0) is 4.79 Å². The number of carbonyl (C=O) groups is 1. The normalized spacial score (nSPS) is 25.5. The molecule has 0 spiro atoms. The highest BCUT2D eigenvalue weighted by molar-refractivity contribution is 7.21. The molecule has 2 fully saturated rings. The molecule has 5 heteroatoms. The lowest BCUT2D eigenvalue weighted by molar-refractivity contribution is -0.131. The third-order valence-corrected chi connectivity index (χ3v) is 7.57. The third-order valence-electron chi connectivity index (χ3n) is 5.32. The number of piperidine rings is 1. The predicted molar refractivity (Wildman–Crippen MR) is 102 cm³/mol. The van der Waals surface area contributed by atoms with Crippen molar-refractivity contribution in [3.63, 3.8) is 0 Å². The fourth-order valence-electron chi connectivity index (χ4n) is 3.97. The summed E-state index contributed by atoms with van der Waals surface area (Å²) in [6, 6.07) is 8.95. The summed E-state index contributed by atoms with van der Waals surface area (Å²) < 4.78 is 0. The summed E-state index contributed by atoms with van der Waals surface area (Å²) in [5.41, 5.74) is 0. The van der Waals surface area contributed by atoms with E-state index in [1.165, 1.54) is 47.0 Å². The predicted octanol–water partition coefficient (Wildman–Crippen LogP) is 4.48. The second-order valence-corrected chi connectivity index (χ2v) is 9.00. The highest BCUT2D eigenvalue weighted by Gasteiger charge is 2.39. The first-order valence-electron chi connectivity index (χ1n) is 8.85. The van der Waals surface area contributed by atoms with Gasteiger partial charge in [0, 0.05) is 28.2 Å². The molecule has 0 aromatic carbocycles. The van der Waals surface area contributed by atoms with Gasteiger partial charge in [-0.2, -0.15) is 0 Å². The van der Waals surface area contributed by atoms with Gasteiger partial charge in [0.2, 0.25) is 5.91 Å². The minimum Gasteiger partial charge on any atom is -0.338 e. The molecule has 0 saturated carbocycles. The van der Waals surface area contributed by atoms with Crippen molar-refractivity contribution in [2.75, 3.05) is 26.7 Å². The number of hydrogen-bond donors (Lipinski definition) is 0. The first-order chi connectivity index (χ1) is 11.7. The van der Waals surface area contributed by atoms with Gasteiger partial charge in [0.25, 0.3) is 0 Å². The smallest absolute Gasteiger partial charge is 0.227 e. The summed E-state index contributed by atoms with van der Waals surface area (Å²) in [5.74, 6) is 0.502. The van der Waals surface area contributed by atoms with Gasteiger partial charge in [0.1, 0.15) is 0 Å². The molecule has 0 bridgehead atoms. The van der Waals surface area contributed by atoms with Crippen molar-refractivity contribution in [3.8, 4) is 9.75 Å². The van der Waals surface area contributed by atoms with Crippen molar-refractivity contribution < 1.29 is 4.79 Å². The van der Waals surface area contributed by atoms with E-state index in [1.54, 1.807) is 11.3 Å². The molecule has 4 heterocycles. The van der Waals surface area contributed by atoms with Crippen LogP contribution in [0.25, 0.3) is 9.75 Å². The molecule has 2 aromatic heterocycles. The van der Waals surface area contributed by atoms with Crippen LogP contribution in [0.15, 0.2) is 29.6 Å². The zero-order valence-electron chi connectivity index (χ0n) is 14.1. The lowest BCUT2D eigenvalue weighted by Crippen LogP contribution is -2.36. The maximum absolute atomic E-state index is 12.7. The summed E-state index contributed by atoms with van der Waals surface area (Å²) in [6.07, 6.45) is 4.89. The molecular formula is C19H24N2OS2. The van der Waals surface area contributed by atoms with Gasteiger partial charge in [-0.15, -0.1) is 22.7 Å². The fourth-order valence-corrected chi connectivity index (χ4v) is 5.97. The SMILES string of the molecule is CN1C(=O)C(CN2CCCCC2)CC1c1ccc(-c2cccs2)s1. The average Bonchev–Trinajstić information content (AvgIpc) is 3.33. The Kier molecular flexibility index (Phi) is 4.74. The van der Waals surface area contributed by atoms with Gasteiger partial charge in [0.15, 0.2) is 0 Å². The Balaban J connectivity index is 1.47. The largest absolute Gasteiger partial charge is 0.338 e. The van der Waals surface area contributed by atoms with Crippen LogP contribution in [0.3, 0.4) is 0 Å². The highest BCUT2D eigenvalue weighted by Crippen LogP contribution is 2.41. The Bertz CT molecular complexity index is 688. The van der Waals surface area contributed by atoms with Crippen molar-refractivity contribution in [1.82, 2.24) is 9.80 Å². The number of nitrogens with zero attached hydrogens (tertiary/aromatic N) is 2. The summed E-state index contributed by atoms with van der Waals surface area (Å²) in [7, 11) is 1.98. The first kappa shape index (κ1) is 16.3. The monoisotopic (exact) mass is 360 g/mol. The number of thiophene rings is 2. The van der Waals surface area contributed by atoms with Crippen molar-refractivity contribution in [3.05, 3.63) is 34.5 Å². The molecule has 2 unspecified atom stereocenters. The van der Waals surface area contributed by atoms with Crippen LogP contribution in [-0.4, -0.2) is 42.4 Å². The van der Waals surface area contributed by atoms with E-state index in [1.807, 2.05) is 23.3 Å². The summed E-state index contributed by atoms with van der Waals surface area (Å²) in [5, 5.41) is 2.12. The first-order valence-corrected chi connectivity index (χ1v) is 10.5. The molecule has 2 atom stereocenters. The Hall–Kier alpha value is -1.17. The topological polar surface area (TPSA) is 23.6 Å². The third kappa shape index (κ3) is 3.17. The van der Waals surface area contributed by atoms with Crippen LogP contribution in [0, 0.1) is 5.92 Å². The zero-order chi connectivity index (χ0) is 16.5. The van der Waals surface area contributed by atoms with E-state index in [-0.39, 0.29) is 12.0 Å². The molecule has 3 nitrogen and oxygen atoms in total. The summed E-state index contributed by atoms with van der Waals surface area (Å²) in [4.78, 5) is 21.2. The fraction of sp³-hybridized carbons (Fsp3) is 0.526. The van der Waals surface area contributed by atoms with Gasteiger partial charge in [-0.1, -0.05) is 12.5 Å². The van der Waals surface area contributed by atoms with Crippen molar-refractivity contribution >= 4 is 28.6 Å². The Labute approximate surface area is 151 Å². The van der Waals surface area contributed by atoms with E-state index < -0.39 is 0 Å². The Morgan fingerprint density at radius 3 is 2.71 bits per heavy atom. The molecule has 128 valence electrons. The number of rotatable bonds is 4. The van der Waals surface area contributed by atoms with Crippen LogP contribution in [0.2, 0.25) is 0 Å². The molecule has 0 aliphatic carbocycles. The molecule has 2 aliphatic heterocycles. The van der Waals surface area contributed by atoms with Gasteiger partial charge < -0.3 is 9.80 Å². The minimum atomic E-state index is 0.172. The Morgan fingerprint density at radius 1 is 1.12 bits per heavy atom. The maximum Gasteiger partial charge on any atom is 0.227 e. The lowest BCUT2D eigenvalue weighted by atomic mass is 10.0. The van der Waals surface area contributed by atoms with Crippen molar-refractivity contribution in [1.29, 1.82) is 0 Å². The Morgan fingerprint density at radius 2 is 1.96 bits per heavy atom. The van der Waals surface area contributed by atoms with Gasteiger partial charge in [0.05, 0.1) is 12.0 Å². The standard InChI is InChI=1S/C19H24N2OS2/c1-20-15(16-7-8-18(24-16)17-6-5-11-23-17)12-14(19(20)22)13-21-9-3-2-4-10-21/h5-8,11,14-15H,2-4,9-10,12-13H2,1H3. The molecule has 24 heavy (non-hydrogen) atoms. The quantitative estimate of drug-likeness (QED) is 0.802. The molecular weight excluding hydrogens is 336 g/mol. The molecule has 2 aliphatic rings. The van der Waals surface area contributed by atoms with Crippen LogP contribution >= 0.6 is 22.7 Å². The molecule has 0 N–H and O–H groups in total. The van der Waals surface area contributed by atoms with Crippen LogP contribution in [0.4, 0.5) is 0 Å². The van der Waals surface area contributed by atoms with E-state index in [9.17, 15) is 4.79 Å². The zero-order valence-corrected chi connectivity index (χ0v) is 15.7. The molecule has 4 rings (SSSR count). The van der Waals surface area contributed by atoms with E-state index in [0.717, 1.165) is 13.0 Å². The van der Waals surface area contributed by atoms with Gasteiger partial charge in [-0.3, -0.25) is 4.79 Å². The number of likely N-dealkylation sites (tertiary alicyclic amines) is 2. The second-order valence-electron chi connectivity index (χ2n) is 6.94. The van der Waals surface area contributed by atoms with E-state index >= 15 is 0 Å². The highest BCUT2D eigenvalue weighted by atomic mass is 32.1. The number of hydrogen-bond acceptors (Lipinski definition) is 4. The molecule has 2 saturated heterocycles. The molecule has 1 amide bonds. The number of amides is 1. The summed E-state index contributed by atoms with van der Waals surface area (Å²) >= 11 is 3.62. The number of carbonyl (C=O) groups excluding carboxylic acids is 1. The van der Waals surface area contributed by atoms with Crippen molar-refractivity contribution in [2.45, 2.75) is 31.7 Å². The van der Waals surface area contributed by atoms with Crippen molar-refractivity contribution in [2.24, 2.45) is 5.92 Å². The van der Waals surface area contributed by atoms with E-state index in [2.05, 4.69) is 34.5 Å². The molecule has 0 radical (unpaired) electrons. The minimum absolute atomic E-state index is 0.172. The van der Waals surface area contributed by atoms with Gasteiger partial charge in [-0.05, 0) is 55.9 Å². The van der Waals surface area contributed by atoms with Gasteiger partial charge >= 0.3 is 0 Å². The van der Waals surface area contributed by atoms with E-state index in [4.69, 9.17) is 0 Å². The van der Waals surface area contributed by atoms with Gasteiger partial charge in [-0.25, -0.2) is 0 Å². The van der Waals surface area contributed by atoms with Crippen LogP contribution in [0.5, 0.6) is 0 Å². The summed E-state index contributed by atoms with van der Waals surface area (Å²) in [6.45, 7) is 3.28. The van der Waals surface area contributed by atoms with E-state index in [0.29, 0.717) is 5.91 Å². The van der Waals surface area contributed by atoms with Crippen LogP contribution in [0.1, 0.15) is 36.6 Å². The second kappa shape index (κ2) is 6.98. The average molecular weight is 361 g/mol. The molecule has 2 aromatic rings. The van der Waals surface area contributed by atoms with Crippen LogP contribution < -0.4 is 0 Å².